The van der Waals surface area contributed by atoms with Gasteiger partial charge in [-0.1, -0.05) is 41.6 Å². The van der Waals surface area contributed by atoms with Crippen molar-refractivity contribution in [2.45, 2.75) is 25.1 Å². The van der Waals surface area contributed by atoms with Crippen LogP contribution in [0.25, 0.3) is 5.69 Å². The number of benzene rings is 3. The molecule has 0 saturated carbocycles. The number of halogens is 1. The van der Waals surface area contributed by atoms with Crippen molar-refractivity contribution >= 4 is 35.0 Å². The summed E-state index contributed by atoms with van der Waals surface area (Å²) in [5.41, 5.74) is 2.51. The van der Waals surface area contributed by atoms with Crippen LogP contribution < -0.4 is 14.8 Å². The van der Waals surface area contributed by atoms with Crippen LogP contribution in [0.2, 0.25) is 5.02 Å². The zero-order valence-electron chi connectivity index (χ0n) is 19.6. The van der Waals surface area contributed by atoms with E-state index in [2.05, 4.69) is 15.5 Å². The minimum Gasteiger partial charge on any atom is -0.497 e. The van der Waals surface area contributed by atoms with Crippen molar-refractivity contribution < 1.29 is 14.3 Å². The lowest BCUT2D eigenvalue weighted by Gasteiger charge is -2.17. The van der Waals surface area contributed by atoms with Gasteiger partial charge >= 0.3 is 0 Å². The molecule has 1 amide bonds. The molecule has 1 aromatic heterocycles. The Morgan fingerprint density at radius 3 is 2.46 bits per heavy atom. The maximum absolute atomic E-state index is 12.6. The molecule has 4 rings (SSSR count). The van der Waals surface area contributed by atoms with Gasteiger partial charge in [0.05, 0.1) is 12.9 Å². The maximum Gasteiger partial charge on any atom is 0.234 e. The number of anilines is 1. The zero-order chi connectivity index (χ0) is 24.8. The van der Waals surface area contributed by atoms with Crippen LogP contribution in [0.15, 0.2) is 78.0 Å². The van der Waals surface area contributed by atoms with Crippen molar-refractivity contribution in [2.75, 3.05) is 18.2 Å². The van der Waals surface area contributed by atoms with E-state index in [0.717, 1.165) is 22.7 Å². The lowest BCUT2D eigenvalue weighted by Crippen LogP contribution is -2.16. The van der Waals surface area contributed by atoms with Crippen LogP contribution in [-0.4, -0.2) is 33.5 Å². The summed E-state index contributed by atoms with van der Waals surface area (Å²) in [4.78, 5) is 12.6. The van der Waals surface area contributed by atoms with Gasteiger partial charge in [0.1, 0.15) is 11.5 Å². The number of ether oxygens (including phenoxy) is 2. The van der Waals surface area contributed by atoms with E-state index in [-0.39, 0.29) is 11.7 Å². The Kier molecular flexibility index (Phi) is 7.94. The number of nitrogens with one attached hydrogen (secondary N) is 1. The standard InChI is InChI=1S/C26H25ClN4O3S/c1-17-15-19(27)9-14-23(17)28-24(32)16-35-26-30-29-25(31(26)20-7-5-4-6-8-20)18(2)34-22-12-10-21(33-3)11-13-22/h4-15,18H,16H2,1-3H3,(H,28,32). The normalized spacial score (nSPS) is 11.7. The molecule has 1 heterocycles. The van der Waals surface area contributed by atoms with Crippen LogP contribution >= 0.6 is 23.4 Å². The summed E-state index contributed by atoms with van der Waals surface area (Å²) in [5, 5.41) is 12.9. The van der Waals surface area contributed by atoms with Gasteiger partial charge in [0.15, 0.2) is 17.1 Å². The van der Waals surface area contributed by atoms with Crippen molar-refractivity contribution in [1.82, 2.24) is 14.8 Å². The summed E-state index contributed by atoms with van der Waals surface area (Å²) < 4.78 is 13.3. The largest absolute Gasteiger partial charge is 0.497 e. The number of carbonyl (C=O) groups excluding carboxylic acids is 1. The van der Waals surface area contributed by atoms with E-state index in [0.29, 0.717) is 21.8 Å². The molecule has 0 aliphatic heterocycles. The summed E-state index contributed by atoms with van der Waals surface area (Å²) in [7, 11) is 1.62. The highest BCUT2D eigenvalue weighted by Gasteiger charge is 2.22. The average molecular weight is 509 g/mol. The molecule has 4 aromatic rings. The molecular weight excluding hydrogens is 484 g/mol. The second-order valence-corrected chi connectivity index (χ2v) is 9.12. The molecule has 1 unspecified atom stereocenters. The quantitative estimate of drug-likeness (QED) is 0.275. The van der Waals surface area contributed by atoms with Crippen LogP contribution in [0.1, 0.15) is 24.4 Å². The van der Waals surface area contributed by atoms with Crippen LogP contribution in [0.5, 0.6) is 11.5 Å². The SMILES string of the molecule is COc1ccc(OC(C)c2nnc(SCC(=O)Nc3ccc(Cl)cc3C)n2-c2ccccc2)cc1. The van der Waals surface area contributed by atoms with E-state index < -0.39 is 6.10 Å². The molecule has 0 radical (unpaired) electrons. The van der Waals surface area contributed by atoms with Gasteiger partial charge < -0.3 is 14.8 Å². The molecule has 0 bridgehead atoms. The van der Waals surface area contributed by atoms with Crippen LogP contribution in [0, 0.1) is 6.92 Å². The number of methoxy groups -OCH3 is 1. The van der Waals surface area contributed by atoms with E-state index in [4.69, 9.17) is 21.1 Å². The monoisotopic (exact) mass is 508 g/mol. The molecule has 0 aliphatic rings. The first-order valence-corrected chi connectivity index (χ1v) is 12.3. The molecule has 35 heavy (non-hydrogen) atoms. The smallest absolute Gasteiger partial charge is 0.234 e. The molecule has 9 heteroatoms. The number of rotatable bonds is 9. The van der Waals surface area contributed by atoms with Crippen molar-refractivity contribution in [1.29, 1.82) is 0 Å². The Morgan fingerprint density at radius 2 is 1.77 bits per heavy atom. The van der Waals surface area contributed by atoms with Crippen molar-refractivity contribution in [3.8, 4) is 17.2 Å². The molecule has 180 valence electrons. The first kappa shape index (κ1) is 24.6. The van der Waals surface area contributed by atoms with Crippen molar-refractivity contribution in [3.05, 3.63) is 89.2 Å². The minimum absolute atomic E-state index is 0.146. The van der Waals surface area contributed by atoms with Gasteiger partial charge in [-0.25, -0.2) is 0 Å². The number of thioether (sulfide) groups is 1. The number of para-hydroxylation sites is 1. The molecule has 0 fully saturated rings. The van der Waals surface area contributed by atoms with Crippen molar-refractivity contribution in [2.24, 2.45) is 0 Å². The Balaban J connectivity index is 1.52. The lowest BCUT2D eigenvalue weighted by molar-refractivity contribution is -0.113. The van der Waals surface area contributed by atoms with Gasteiger partial charge in [0, 0.05) is 16.4 Å². The third-order valence-electron chi connectivity index (χ3n) is 5.20. The van der Waals surface area contributed by atoms with Crippen LogP contribution in [-0.2, 0) is 4.79 Å². The number of hydrogen-bond acceptors (Lipinski definition) is 6. The zero-order valence-corrected chi connectivity index (χ0v) is 21.1. The molecule has 0 aliphatic carbocycles. The van der Waals surface area contributed by atoms with Gasteiger partial charge in [-0.05, 0) is 74.0 Å². The van der Waals surface area contributed by atoms with Crippen LogP contribution in [0.4, 0.5) is 5.69 Å². The van der Waals surface area contributed by atoms with Crippen molar-refractivity contribution in [3.63, 3.8) is 0 Å². The van der Waals surface area contributed by atoms with Gasteiger partial charge in [0.2, 0.25) is 5.91 Å². The Hall–Kier alpha value is -3.49. The Bertz CT molecular complexity index is 1300. The number of amides is 1. The van der Waals surface area contributed by atoms with E-state index >= 15 is 0 Å². The second-order valence-electron chi connectivity index (χ2n) is 7.74. The predicted molar refractivity (Wildman–Crippen MR) is 139 cm³/mol. The fourth-order valence-corrected chi connectivity index (χ4v) is 4.44. The summed E-state index contributed by atoms with van der Waals surface area (Å²) in [6.07, 6.45) is -0.393. The summed E-state index contributed by atoms with van der Waals surface area (Å²) in [6.45, 7) is 3.81. The highest BCUT2D eigenvalue weighted by Crippen LogP contribution is 2.29. The van der Waals surface area contributed by atoms with E-state index in [9.17, 15) is 4.79 Å². The molecule has 0 spiro atoms. The first-order chi connectivity index (χ1) is 16.9. The van der Waals surface area contributed by atoms with E-state index in [1.807, 2.05) is 79.1 Å². The van der Waals surface area contributed by atoms with Gasteiger partial charge in [-0.3, -0.25) is 9.36 Å². The summed E-state index contributed by atoms with van der Waals surface area (Å²) in [5.74, 6) is 2.09. The lowest BCUT2D eigenvalue weighted by atomic mass is 10.2. The van der Waals surface area contributed by atoms with Gasteiger partial charge in [-0.15, -0.1) is 10.2 Å². The summed E-state index contributed by atoms with van der Waals surface area (Å²) in [6, 6.07) is 22.5. The molecule has 7 nitrogen and oxygen atoms in total. The molecule has 1 atom stereocenters. The average Bonchev–Trinajstić information content (AvgIpc) is 3.30. The number of hydrogen-bond donors (Lipinski definition) is 1. The van der Waals surface area contributed by atoms with E-state index in [1.165, 1.54) is 11.8 Å². The number of aryl methyl sites for hydroxylation is 1. The second kappa shape index (κ2) is 11.3. The third-order valence-corrected chi connectivity index (χ3v) is 6.37. The fraction of sp³-hybridized carbons (Fsp3) is 0.192. The number of carbonyl (C=O) groups is 1. The predicted octanol–water partition coefficient (Wildman–Crippen LogP) is 6.11. The third kappa shape index (κ3) is 6.15. The minimum atomic E-state index is -0.393. The highest BCUT2D eigenvalue weighted by molar-refractivity contribution is 7.99. The maximum atomic E-state index is 12.6. The first-order valence-electron chi connectivity index (χ1n) is 10.9. The molecule has 1 N–H and O–H groups in total. The summed E-state index contributed by atoms with van der Waals surface area (Å²) >= 11 is 7.32. The molecule has 0 saturated heterocycles. The Labute approximate surface area is 213 Å². The molecule has 3 aromatic carbocycles. The Morgan fingerprint density at radius 1 is 1.06 bits per heavy atom. The highest BCUT2D eigenvalue weighted by atomic mass is 35.5. The topological polar surface area (TPSA) is 78.3 Å². The fourth-order valence-electron chi connectivity index (χ4n) is 3.45. The number of aromatic nitrogens is 3. The van der Waals surface area contributed by atoms with E-state index in [1.54, 1.807) is 19.2 Å². The molecular formula is C26H25ClN4O3S. The van der Waals surface area contributed by atoms with Gasteiger partial charge in [-0.2, -0.15) is 0 Å². The number of nitrogens with zero attached hydrogens (tertiary/aromatic N) is 3. The van der Waals surface area contributed by atoms with Crippen LogP contribution in [0.3, 0.4) is 0 Å². The van der Waals surface area contributed by atoms with Gasteiger partial charge in [0.25, 0.3) is 0 Å².